The molecule has 1 saturated heterocycles. The number of imidazole rings is 1. The highest BCUT2D eigenvalue weighted by Gasteiger charge is 2.28. The molecule has 5 nitrogen and oxygen atoms in total. The zero-order valence-electron chi connectivity index (χ0n) is 11.0. The molecule has 0 bridgehead atoms. The molecule has 2 heterocycles. The standard InChI is InChI=1S/C12H21N3O2S/c1-10(2)7-14-12-13-4-5-15(12)8-11-3-6-18(16,17)9-11/h4-5,10-11H,3,6-9H2,1-2H3,(H,13,14). The average Bonchev–Trinajstić information content (AvgIpc) is 2.83. The predicted molar refractivity (Wildman–Crippen MR) is 72.3 cm³/mol. The van der Waals surface area contributed by atoms with Gasteiger partial charge in [-0.25, -0.2) is 13.4 Å². The van der Waals surface area contributed by atoms with Crippen LogP contribution in [0, 0.1) is 11.8 Å². The van der Waals surface area contributed by atoms with Crippen molar-refractivity contribution < 1.29 is 8.42 Å². The molecule has 1 aliphatic heterocycles. The van der Waals surface area contributed by atoms with Crippen molar-refractivity contribution in [2.24, 2.45) is 11.8 Å². The predicted octanol–water partition coefficient (Wildman–Crippen LogP) is 1.39. The van der Waals surface area contributed by atoms with E-state index in [1.165, 1.54) is 0 Å². The Morgan fingerprint density at radius 2 is 2.33 bits per heavy atom. The first-order chi connectivity index (χ1) is 8.46. The van der Waals surface area contributed by atoms with Gasteiger partial charge in [-0.1, -0.05) is 13.8 Å². The average molecular weight is 271 g/mol. The van der Waals surface area contributed by atoms with Crippen molar-refractivity contribution in [2.45, 2.75) is 26.8 Å². The van der Waals surface area contributed by atoms with E-state index in [2.05, 4.69) is 24.1 Å². The smallest absolute Gasteiger partial charge is 0.202 e. The van der Waals surface area contributed by atoms with Crippen LogP contribution in [0.25, 0.3) is 0 Å². The van der Waals surface area contributed by atoms with Gasteiger partial charge in [-0.2, -0.15) is 0 Å². The van der Waals surface area contributed by atoms with Crippen molar-refractivity contribution in [3.05, 3.63) is 12.4 Å². The summed E-state index contributed by atoms with van der Waals surface area (Å²) in [7, 11) is -2.79. The van der Waals surface area contributed by atoms with Crippen LogP contribution in [-0.4, -0.2) is 36.0 Å². The van der Waals surface area contributed by atoms with Crippen LogP contribution in [0.3, 0.4) is 0 Å². The van der Waals surface area contributed by atoms with E-state index in [1.54, 1.807) is 6.20 Å². The molecule has 0 aromatic carbocycles. The topological polar surface area (TPSA) is 64.0 Å². The van der Waals surface area contributed by atoms with Gasteiger partial charge in [0.05, 0.1) is 11.5 Å². The molecule has 1 aromatic rings. The number of anilines is 1. The zero-order chi connectivity index (χ0) is 13.2. The van der Waals surface area contributed by atoms with Crippen LogP contribution in [0.5, 0.6) is 0 Å². The third-order valence-electron chi connectivity index (χ3n) is 3.17. The van der Waals surface area contributed by atoms with Gasteiger partial charge in [-0.05, 0) is 18.3 Å². The van der Waals surface area contributed by atoms with Crippen LogP contribution < -0.4 is 5.32 Å². The molecular weight excluding hydrogens is 250 g/mol. The third kappa shape index (κ3) is 3.48. The van der Waals surface area contributed by atoms with Crippen LogP contribution in [0.4, 0.5) is 5.95 Å². The number of nitrogens with one attached hydrogen (secondary N) is 1. The van der Waals surface area contributed by atoms with E-state index in [4.69, 9.17) is 0 Å². The quantitative estimate of drug-likeness (QED) is 0.879. The monoisotopic (exact) mass is 271 g/mol. The van der Waals surface area contributed by atoms with E-state index < -0.39 is 9.84 Å². The van der Waals surface area contributed by atoms with Gasteiger partial charge in [0.1, 0.15) is 0 Å². The van der Waals surface area contributed by atoms with E-state index in [1.807, 2.05) is 10.8 Å². The normalized spacial score (nSPS) is 22.5. The van der Waals surface area contributed by atoms with Crippen LogP contribution >= 0.6 is 0 Å². The van der Waals surface area contributed by atoms with E-state index in [0.29, 0.717) is 17.4 Å². The maximum atomic E-state index is 11.4. The van der Waals surface area contributed by atoms with Crippen molar-refractivity contribution >= 4 is 15.8 Å². The summed E-state index contributed by atoms with van der Waals surface area (Å²) in [5.41, 5.74) is 0. The Bertz CT molecular complexity index is 493. The fourth-order valence-electron chi connectivity index (χ4n) is 2.21. The summed E-state index contributed by atoms with van der Waals surface area (Å²) in [4.78, 5) is 4.27. The van der Waals surface area contributed by atoms with Gasteiger partial charge < -0.3 is 9.88 Å². The second-order valence-electron chi connectivity index (χ2n) is 5.45. The van der Waals surface area contributed by atoms with Gasteiger partial charge in [0, 0.05) is 25.5 Å². The lowest BCUT2D eigenvalue weighted by molar-refractivity contribution is 0.492. The minimum absolute atomic E-state index is 0.226. The summed E-state index contributed by atoms with van der Waals surface area (Å²) in [6, 6.07) is 0. The first-order valence-electron chi connectivity index (χ1n) is 6.42. The van der Waals surface area contributed by atoms with Crippen LogP contribution in [0.2, 0.25) is 0 Å². The Kier molecular flexibility index (Phi) is 3.94. The van der Waals surface area contributed by atoms with E-state index in [9.17, 15) is 8.42 Å². The maximum Gasteiger partial charge on any atom is 0.202 e. The largest absolute Gasteiger partial charge is 0.355 e. The molecule has 0 spiro atoms. The molecule has 2 rings (SSSR count). The Morgan fingerprint density at radius 3 is 2.94 bits per heavy atom. The molecule has 1 aromatic heterocycles. The Labute approximate surface area is 109 Å². The molecule has 1 N–H and O–H groups in total. The van der Waals surface area contributed by atoms with Crippen molar-refractivity contribution in [3.63, 3.8) is 0 Å². The van der Waals surface area contributed by atoms with Gasteiger partial charge in [0.25, 0.3) is 0 Å². The number of sulfone groups is 1. The Balaban J connectivity index is 1.96. The number of aromatic nitrogens is 2. The summed E-state index contributed by atoms with van der Waals surface area (Å²) in [6.45, 7) is 5.90. The molecule has 0 amide bonds. The van der Waals surface area contributed by atoms with Crippen molar-refractivity contribution in [2.75, 3.05) is 23.4 Å². The molecule has 1 fully saturated rings. The van der Waals surface area contributed by atoms with Crippen molar-refractivity contribution in [1.82, 2.24) is 9.55 Å². The Morgan fingerprint density at radius 1 is 1.56 bits per heavy atom. The van der Waals surface area contributed by atoms with Crippen molar-refractivity contribution in [1.29, 1.82) is 0 Å². The molecule has 0 radical (unpaired) electrons. The summed E-state index contributed by atoms with van der Waals surface area (Å²) in [6.07, 6.45) is 4.43. The molecule has 1 aliphatic rings. The van der Waals surface area contributed by atoms with E-state index >= 15 is 0 Å². The first kappa shape index (κ1) is 13.4. The molecule has 1 unspecified atom stereocenters. The van der Waals surface area contributed by atoms with Gasteiger partial charge in [-0.15, -0.1) is 0 Å². The van der Waals surface area contributed by atoms with Crippen LogP contribution in [0.1, 0.15) is 20.3 Å². The summed E-state index contributed by atoms with van der Waals surface area (Å²) in [5.74, 6) is 2.27. The first-order valence-corrected chi connectivity index (χ1v) is 8.24. The fraction of sp³-hybridized carbons (Fsp3) is 0.750. The molecule has 6 heteroatoms. The molecule has 0 aliphatic carbocycles. The van der Waals surface area contributed by atoms with E-state index in [-0.39, 0.29) is 5.92 Å². The SMILES string of the molecule is CC(C)CNc1nccn1CC1CCS(=O)(=O)C1. The number of nitrogens with zero attached hydrogens (tertiary/aromatic N) is 2. The second-order valence-corrected chi connectivity index (χ2v) is 7.68. The minimum Gasteiger partial charge on any atom is -0.355 e. The van der Waals surface area contributed by atoms with Crippen LogP contribution in [0.15, 0.2) is 12.4 Å². The fourth-order valence-corrected chi connectivity index (χ4v) is 4.06. The van der Waals surface area contributed by atoms with E-state index in [0.717, 1.165) is 25.5 Å². The molecule has 18 heavy (non-hydrogen) atoms. The number of hydrogen-bond donors (Lipinski definition) is 1. The third-order valence-corrected chi connectivity index (χ3v) is 5.00. The maximum absolute atomic E-state index is 11.4. The molecule has 0 saturated carbocycles. The number of hydrogen-bond acceptors (Lipinski definition) is 4. The number of rotatable bonds is 5. The van der Waals surface area contributed by atoms with Gasteiger partial charge >= 0.3 is 0 Å². The van der Waals surface area contributed by atoms with Crippen LogP contribution in [-0.2, 0) is 16.4 Å². The summed E-state index contributed by atoms with van der Waals surface area (Å²) < 4.78 is 24.9. The second kappa shape index (κ2) is 5.30. The summed E-state index contributed by atoms with van der Waals surface area (Å²) >= 11 is 0. The highest BCUT2D eigenvalue weighted by molar-refractivity contribution is 7.91. The molecular formula is C12H21N3O2S. The minimum atomic E-state index is -2.79. The van der Waals surface area contributed by atoms with Gasteiger partial charge in [0.2, 0.25) is 5.95 Å². The molecule has 1 atom stereocenters. The van der Waals surface area contributed by atoms with Gasteiger partial charge in [0.15, 0.2) is 9.84 Å². The highest BCUT2D eigenvalue weighted by Crippen LogP contribution is 2.21. The van der Waals surface area contributed by atoms with Crippen molar-refractivity contribution in [3.8, 4) is 0 Å². The highest BCUT2D eigenvalue weighted by atomic mass is 32.2. The lowest BCUT2D eigenvalue weighted by Gasteiger charge is -2.14. The lowest BCUT2D eigenvalue weighted by atomic mass is 10.1. The lowest BCUT2D eigenvalue weighted by Crippen LogP contribution is -2.16. The molecule has 102 valence electrons. The van der Waals surface area contributed by atoms with Gasteiger partial charge in [-0.3, -0.25) is 0 Å². The summed E-state index contributed by atoms with van der Waals surface area (Å²) in [5, 5.41) is 3.29. The Hall–Kier alpha value is -1.04. The zero-order valence-corrected chi connectivity index (χ0v) is 11.8.